The van der Waals surface area contributed by atoms with Crippen molar-refractivity contribution >= 4 is 21.9 Å². The lowest BCUT2D eigenvalue weighted by Crippen LogP contribution is -2.12. The Kier molecular flexibility index (Phi) is 6.64. The number of halogens is 1. The first-order valence-corrected chi connectivity index (χ1v) is 7.06. The van der Waals surface area contributed by atoms with Gasteiger partial charge in [0.2, 0.25) is 0 Å². The predicted molar refractivity (Wildman–Crippen MR) is 79.6 cm³/mol. The molecule has 0 aliphatic heterocycles. The van der Waals surface area contributed by atoms with Crippen molar-refractivity contribution in [2.24, 2.45) is 0 Å². The summed E-state index contributed by atoms with van der Waals surface area (Å²) in [4.78, 5) is 11.5. The first kappa shape index (κ1) is 15.8. The number of esters is 1. The SMILES string of the molecule is CCOC(=O)Cc1ccccc1OC(C)/C=C(\C)Br. The standard InChI is InChI=1S/C15H19BrO3/c1-4-18-15(17)10-13-7-5-6-8-14(13)19-12(3)9-11(2)16/h5-9,12H,4,10H2,1-3H3/b11-9+. The molecule has 3 nitrogen and oxygen atoms in total. The molecule has 0 N–H and O–H groups in total. The number of ether oxygens (including phenoxy) is 2. The van der Waals surface area contributed by atoms with Crippen LogP contribution in [0, 0.1) is 0 Å². The van der Waals surface area contributed by atoms with E-state index in [1.165, 1.54) is 0 Å². The maximum Gasteiger partial charge on any atom is 0.310 e. The Balaban J connectivity index is 2.78. The third kappa shape index (κ3) is 5.92. The van der Waals surface area contributed by atoms with Crippen molar-refractivity contribution in [1.29, 1.82) is 0 Å². The molecule has 0 amide bonds. The fourth-order valence-corrected chi connectivity index (χ4v) is 2.06. The number of carbonyl (C=O) groups is 1. The molecule has 4 heteroatoms. The first-order valence-electron chi connectivity index (χ1n) is 6.27. The Hall–Kier alpha value is -1.29. The summed E-state index contributed by atoms with van der Waals surface area (Å²) in [5.41, 5.74) is 0.841. The second-order valence-corrected chi connectivity index (χ2v) is 5.42. The Morgan fingerprint density at radius 1 is 1.42 bits per heavy atom. The third-order valence-corrected chi connectivity index (χ3v) is 2.65. The molecular formula is C15H19BrO3. The molecule has 0 spiro atoms. The van der Waals surface area contributed by atoms with E-state index < -0.39 is 0 Å². The number of hydrogen-bond acceptors (Lipinski definition) is 3. The quantitative estimate of drug-likeness (QED) is 0.744. The summed E-state index contributed by atoms with van der Waals surface area (Å²) < 4.78 is 11.8. The molecule has 1 rings (SSSR count). The molecule has 1 aromatic carbocycles. The van der Waals surface area contributed by atoms with Crippen LogP contribution in [0.15, 0.2) is 34.8 Å². The van der Waals surface area contributed by atoms with E-state index in [-0.39, 0.29) is 18.5 Å². The topological polar surface area (TPSA) is 35.5 Å². The fraction of sp³-hybridized carbons (Fsp3) is 0.400. The Morgan fingerprint density at radius 3 is 2.74 bits per heavy atom. The normalized spacial score (nSPS) is 12.9. The molecule has 0 saturated carbocycles. The maximum atomic E-state index is 11.5. The van der Waals surface area contributed by atoms with E-state index in [1.54, 1.807) is 6.92 Å². The van der Waals surface area contributed by atoms with Gasteiger partial charge < -0.3 is 9.47 Å². The maximum absolute atomic E-state index is 11.5. The fourth-order valence-electron chi connectivity index (χ4n) is 1.69. The average molecular weight is 327 g/mol. The van der Waals surface area contributed by atoms with E-state index in [1.807, 2.05) is 44.2 Å². The highest BCUT2D eigenvalue weighted by molar-refractivity contribution is 9.11. The Morgan fingerprint density at radius 2 is 2.11 bits per heavy atom. The summed E-state index contributed by atoms with van der Waals surface area (Å²) in [6.45, 7) is 6.09. The monoisotopic (exact) mass is 326 g/mol. The zero-order valence-electron chi connectivity index (χ0n) is 11.5. The molecular weight excluding hydrogens is 308 g/mol. The molecule has 1 aromatic rings. The van der Waals surface area contributed by atoms with E-state index in [0.717, 1.165) is 10.0 Å². The second kappa shape index (κ2) is 8.00. The lowest BCUT2D eigenvalue weighted by molar-refractivity contribution is -0.142. The smallest absolute Gasteiger partial charge is 0.310 e. The zero-order chi connectivity index (χ0) is 14.3. The van der Waals surface area contributed by atoms with Gasteiger partial charge >= 0.3 is 5.97 Å². The second-order valence-electron chi connectivity index (χ2n) is 4.17. The van der Waals surface area contributed by atoms with Crippen molar-refractivity contribution in [2.75, 3.05) is 6.61 Å². The van der Waals surface area contributed by atoms with Crippen LogP contribution in [0.3, 0.4) is 0 Å². The molecule has 0 saturated heterocycles. The van der Waals surface area contributed by atoms with Crippen LogP contribution in [0.2, 0.25) is 0 Å². The predicted octanol–water partition coefficient (Wildman–Crippen LogP) is 3.86. The van der Waals surface area contributed by atoms with Gasteiger partial charge in [0.1, 0.15) is 11.9 Å². The molecule has 19 heavy (non-hydrogen) atoms. The van der Waals surface area contributed by atoms with Crippen molar-refractivity contribution in [3.8, 4) is 5.75 Å². The van der Waals surface area contributed by atoms with Gasteiger partial charge in [-0.2, -0.15) is 0 Å². The van der Waals surface area contributed by atoms with Crippen molar-refractivity contribution in [1.82, 2.24) is 0 Å². The van der Waals surface area contributed by atoms with Crippen LogP contribution >= 0.6 is 15.9 Å². The number of hydrogen-bond donors (Lipinski definition) is 0. The summed E-state index contributed by atoms with van der Waals surface area (Å²) in [5.74, 6) is 0.478. The minimum Gasteiger partial charge on any atom is -0.486 e. The van der Waals surface area contributed by atoms with Gasteiger partial charge in [-0.3, -0.25) is 4.79 Å². The van der Waals surface area contributed by atoms with E-state index >= 15 is 0 Å². The molecule has 0 radical (unpaired) electrons. The molecule has 0 aromatic heterocycles. The van der Waals surface area contributed by atoms with Gasteiger partial charge in [0, 0.05) is 5.56 Å². The zero-order valence-corrected chi connectivity index (χ0v) is 13.1. The number of benzene rings is 1. The van der Waals surface area contributed by atoms with E-state index in [2.05, 4.69) is 15.9 Å². The number of allylic oxidation sites excluding steroid dienone is 1. The van der Waals surface area contributed by atoms with Crippen molar-refractivity contribution in [3.05, 3.63) is 40.4 Å². The number of rotatable bonds is 6. The molecule has 0 heterocycles. The summed E-state index contributed by atoms with van der Waals surface area (Å²) in [6, 6.07) is 7.52. The van der Waals surface area contributed by atoms with Crippen LogP contribution in [0.5, 0.6) is 5.75 Å². The molecule has 1 atom stereocenters. The van der Waals surface area contributed by atoms with E-state index in [0.29, 0.717) is 12.4 Å². The number of carbonyl (C=O) groups excluding carboxylic acids is 1. The molecule has 0 fully saturated rings. The molecule has 1 unspecified atom stereocenters. The molecule has 0 aliphatic rings. The minimum atomic E-state index is -0.238. The van der Waals surface area contributed by atoms with Crippen LogP contribution in [-0.2, 0) is 16.0 Å². The molecule has 104 valence electrons. The van der Waals surface area contributed by atoms with Crippen LogP contribution < -0.4 is 4.74 Å². The lowest BCUT2D eigenvalue weighted by Gasteiger charge is -2.15. The van der Waals surface area contributed by atoms with Gasteiger partial charge in [0.05, 0.1) is 13.0 Å². The van der Waals surface area contributed by atoms with E-state index in [4.69, 9.17) is 9.47 Å². The molecule has 0 bridgehead atoms. The summed E-state index contributed by atoms with van der Waals surface area (Å²) in [5, 5.41) is 0. The van der Waals surface area contributed by atoms with Crippen molar-refractivity contribution in [2.45, 2.75) is 33.3 Å². The van der Waals surface area contributed by atoms with Crippen LogP contribution in [0.25, 0.3) is 0 Å². The van der Waals surface area contributed by atoms with Gasteiger partial charge in [0.15, 0.2) is 0 Å². The van der Waals surface area contributed by atoms with Gasteiger partial charge in [-0.15, -0.1) is 0 Å². The van der Waals surface area contributed by atoms with Crippen molar-refractivity contribution in [3.63, 3.8) is 0 Å². The van der Waals surface area contributed by atoms with Crippen LogP contribution in [-0.4, -0.2) is 18.7 Å². The van der Waals surface area contributed by atoms with Crippen LogP contribution in [0.4, 0.5) is 0 Å². The first-order chi connectivity index (χ1) is 9.02. The molecule has 0 aliphatic carbocycles. The van der Waals surface area contributed by atoms with Gasteiger partial charge in [-0.1, -0.05) is 34.1 Å². The highest BCUT2D eigenvalue weighted by Crippen LogP contribution is 2.21. The largest absolute Gasteiger partial charge is 0.486 e. The van der Waals surface area contributed by atoms with Crippen molar-refractivity contribution < 1.29 is 14.3 Å². The summed E-state index contributed by atoms with van der Waals surface area (Å²) in [7, 11) is 0. The Bertz CT molecular complexity index is 450. The number of para-hydroxylation sites is 1. The van der Waals surface area contributed by atoms with Gasteiger partial charge in [-0.05, 0) is 37.4 Å². The third-order valence-electron chi connectivity index (χ3n) is 2.39. The highest BCUT2D eigenvalue weighted by atomic mass is 79.9. The minimum absolute atomic E-state index is 0.0669. The van der Waals surface area contributed by atoms with Gasteiger partial charge in [0.25, 0.3) is 0 Å². The van der Waals surface area contributed by atoms with E-state index in [9.17, 15) is 4.79 Å². The van der Waals surface area contributed by atoms with Crippen LogP contribution in [0.1, 0.15) is 26.3 Å². The Labute approximate surface area is 122 Å². The average Bonchev–Trinajstić information content (AvgIpc) is 2.30. The highest BCUT2D eigenvalue weighted by Gasteiger charge is 2.11. The summed E-state index contributed by atoms with van der Waals surface area (Å²) >= 11 is 3.37. The summed E-state index contributed by atoms with van der Waals surface area (Å²) in [6.07, 6.45) is 2.12. The lowest BCUT2D eigenvalue weighted by atomic mass is 10.1. The van der Waals surface area contributed by atoms with Gasteiger partial charge in [-0.25, -0.2) is 0 Å².